The SMILES string of the molecule is COc1cc(C(O)C(CO)Oc2c(OC)cc(C(=O)O)cc2OC)ccc1O. The van der Waals surface area contributed by atoms with Crippen LogP contribution < -0.4 is 18.9 Å². The number of hydrogen-bond donors (Lipinski definition) is 4. The maximum atomic E-state index is 11.2. The maximum absolute atomic E-state index is 11.2. The van der Waals surface area contributed by atoms with Gasteiger partial charge in [0.15, 0.2) is 29.1 Å². The fourth-order valence-electron chi connectivity index (χ4n) is 2.57. The zero-order valence-corrected chi connectivity index (χ0v) is 15.6. The number of aliphatic hydroxyl groups is 2. The molecular formula is C19H22O9. The first-order valence-electron chi connectivity index (χ1n) is 8.18. The van der Waals surface area contributed by atoms with E-state index < -0.39 is 24.8 Å². The molecule has 9 heteroatoms. The molecule has 0 fully saturated rings. The summed E-state index contributed by atoms with van der Waals surface area (Å²) >= 11 is 0. The normalized spacial score (nSPS) is 12.8. The Bertz CT molecular complexity index is 809. The molecule has 0 spiro atoms. The van der Waals surface area contributed by atoms with Crippen molar-refractivity contribution >= 4 is 5.97 Å². The zero-order chi connectivity index (χ0) is 20.8. The number of carboxylic acid groups (broad SMARTS) is 1. The van der Waals surface area contributed by atoms with Gasteiger partial charge in [0.05, 0.1) is 33.5 Å². The van der Waals surface area contributed by atoms with E-state index in [0.29, 0.717) is 5.56 Å². The molecule has 0 radical (unpaired) electrons. The third-order valence-electron chi connectivity index (χ3n) is 4.05. The second-order valence-electron chi connectivity index (χ2n) is 5.73. The lowest BCUT2D eigenvalue weighted by Gasteiger charge is -2.25. The van der Waals surface area contributed by atoms with Crippen molar-refractivity contribution < 1.29 is 44.2 Å². The van der Waals surface area contributed by atoms with Crippen LogP contribution in [0.15, 0.2) is 30.3 Å². The minimum atomic E-state index is -1.30. The van der Waals surface area contributed by atoms with E-state index in [-0.39, 0.29) is 34.3 Å². The molecule has 2 aromatic carbocycles. The number of carbonyl (C=O) groups is 1. The highest BCUT2D eigenvalue weighted by atomic mass is 16.6. The monoisotopic (exact) mass is 394 g/mol. The molecule has 0 saturated heterocycles. The van der Waals surface area contributed by atoms with E-state index in [1.807, 2.05) is 0 Å². The van der Waals surface area contributed by atoms with Gasteiger partial charge in [0.2, 0.25) is 5.75 Å². The quantitative estimate of drug-likeness (QED) is 0.500. The summed E-state index contributed by atoms with van der Waals surface area (Å²) in [6.07, 6.45) is -2.44. The Labute approximate surface area is 161 Å². The number of aromatic hydroxyl groups is 1. The molecule has 2 rings (SSSR count). The number of aliphatic hydroxyl groups excluding tert-OH is 2. The molecule has 2 unspecified atom stereocenters. The lowest BCUT2D eigenvalue weighted by molar-refractivity contribution is -0.00177. The first kappa shape index (κ1) is 21.1. The van der Waals surface area contributed by atoms with Gasteiger partial charge in [-0.3, -0.25) is 0 Å². The number of hydrogen-bond acceptors (Lipinski definition) is 8. The fraction of sp³-hybridized carbons (Fsp3) is 0.316. The predicted molar refractivity (Wildman–Crippen MR) is 97.6 cm³/mol. The largest absolute Gasteiger partial charge is 0.504 e. The lowest BCUT2D eigenvalue weighted by Crippen LogP contribution is -2.29. The van der Waals surface area contributed by atoms with Gasteiger partial charge in [-0.1, -0.05) is 6.07 Å². The van der Waals surface area contributed by atoms with Crippen LogP contribution in [0.25, 0.3) is 0 Å². The van der Waals surface area contributed by atoms with Crippen LogP contribution in [0.1, 0.15) is 22.0 Å². The number of phenols is 1. The van der Waals surface area contributed by atoms with Crippen LogP contribution in [0.3, 0.4) is 0 Å². The minimum Gasteiger partial charge on any atom is -0.504 e. The highest BCUT2D eigenvalue weighted by Crippen LogP contribution is 2.40. The Morgan fingerprint density at radius 3 is 2.04 bits per heavy atom. The number of ether oxygens (including phenoxy) is 4. The number of phenolic OH excluding ortho intramolecular Hbond substituents is 1. The highest BCUT2D eigenvalue weighted by molar-refractivity contribution is 5.89. The number of aromatic carboxylic acids is 1. The van der Waals surface area contributed by atoms with Crippen molar-refractivity contribution in [1.82, 2.24) is 0 Å². The molecule has 0 bridgehead atoms. The smallest absolute Gasteiger partial charge is 0.335 e. The van der Waals surface area contributed by atoms with Gasteiger partial charge < -0.3 is 39.4 Å². The van der Waals surface area contributed by atoms with Gasteiger partial charge in [0.1, 0.15) is 6.10 Å². The summed E-state index contributed by atoms with van der Waals surface area (Å²) < 4.78 is 21.1. The molecule has 0 aliphatic carbocycles. The fourth-order valence-corrected chi connectivity index (χ4v) is 2.57. The molecule has 0 aliphatic heterocycles. The first-order chi connectivity index (χ1) is 13.4. The van der Waals surface area contributed by atoms with Gasteiger partial charge in [-0.25, -0.2) is 4.79 Å². The van der Waals surface area contributed by atoms with Crippen molar-refractivity contribution in [3.05, 3.63) is 41.5 Å². The average Bonchev–Trinajstić information content (AvgIpc) is 2.71. The van der Waals surface area contributed by atoms with Crippen LogP contribution in [0.5, 0.6) is 28.7 Å². The number of benzene rings is 2. The van der Waals surface area contributed by atoms with E-state index in [2.05, 4.69) is 0 Å². The Kier molecular flexibility index (Phi) is 6.91. The second kappa shape index (κ2) is 9.16. The van der Waals surface area contributed by atoms with E-state index in [1.54, 1.807) is 0 Å². The van der Waals surface area contributed by atoms with Crippen LogP contribution in [-0.2, 0) is 0 Å². The topological polar surface area (TPSA) is 135 Å². The first-order valence-corrected chi connectivity index (χ1v) is 8.18. The Morgan fingerprint density at radius 2 is 1.57 bits per heavy atom. The summed E-state index contributed by atoms with van der Waals surface area (Å²) in [4.78, 5) is 11.2. The summed E-state index contributed by atoms with van der Waals surface area (Å²) in [5.74, 6) is -0.991. The third-order valence-corrected chi connectivity index (χ3v) is 4.05. The lowest BCUT2D eigenvalue weighted by atomic mass is 10.0. The Morgan fingerprint density at radius 1 is 1.00 bits per heavy atom. The van der Waals surface area contributed by atoms with Crippen LogP contribution in [-0.4, -0.2) is 60.4 Å². The van der Waals surface area contributed by atoms with Gasteiger partial charge in [-0.15, -0.1) is 0 Å². The van der Waals surface area contributed by atoms with Crippen molar-refractivity contribution in [2.24, 2.45) is 0 Å². The van der Waals surface area contributed by atoms with Gasteiger partial charge >= 0.3 is 5.97 Å². The number of carboxylic acids is 1. The van der Waals surface area contributed by atoms with E-state index in [9.17, 15) is 25.2 Å². The second-order valence-corrected chi connectivity index (χ2v) is 5.73. The summed E-state index contributed by atoms with van der Waals surface area (Å²) in [7, 11) is 4.01. The molecule has 9 nitrogen and oxygen atoms in total. The van der Waals surface area contributed by atoms with Crippen molar-refractivity contribution in [1.29, 1.82) is 0 Å². The van der Waals surface area contributed by atoms with Crippen molar-refractivity contribution in [3.8, 4) is 28.7 Å². The van der Waals surface area contributed by atoms with Crippen molar-refractivity contribution in [2.75, 3.05) is 27.9 Å². The molecule has 0 amide bonds. The molecule has 2 aromatic rings. The van der Waals surface area contributed by atoms with Crippen LogP contribution >= 0.6 is 0 Å². The number of methoxy groups -OCH3 is 3. The third kappa shape index (κ3) is 4.38. The zero-order valence-electron chi connectivity index (χ0n) is 15.6. The molecule has 0 aromatic heterocycles. The molecule has 0 aliphatic rings. The van der Waals surface area contributed by atoms with Crippen LogP contribution in [0.2, 0.25) is 0 Å². The molecule has 4 N–H and O–H groups in total. The maximum Gasteiger partial charge on any atom is 0.335 e. The van der Waals surface area contributed by atoms with E-state index in [1.165, 1.54) is 51.7 Å². The molecule has 28 heavy (non-hydrogen) atoms. The molecule has 0 saturated carbocycles. The summed E-state index contributed by atoms with van der Waals surface area (Å²) in [6, 6.07) is 6.69. The predicted octanol–water partition coefficient (Wildman–Crippen LogP) is 1.59. The Balaban J connectivity index is 2.40. The molecule has 152 valence electrons. The van der Waals surface area contributed by atoms with Crippen molar-refractivity contribution in [3.63, 3.8) is 0 Å². The molecular weight excluding hydrogens is 372 g/mol. The van der Waals surface area contributed by atoms with Gasteiger partial charge in [0.25, 0.3) is 0 Å². The molecule has 0 heterocycles. The standard InChI is InChI=1S/C19H22O9/c1-25-13-6-10(4-5-12(13)21)17(22)16(9-20)28-18-14(26-2)7-11(19(23)24)8-15(18)27-3/h4-8,16-17,20-22H,9H2,1-3H3,(H,23,24). The summed E-state index contributed by atoms with van der Waals surface area (Å²) in [5.41, 5.74) is 0.249. The number of rotatable bonds is 9. The average molecular weight is 394 g/mol. The van der Waals surface area contributed by atoms with Gasteiger partial charge in [-0.2, -0.15) is 0 Å². The Hall–Kier alpha value is -3.17. The van der Waals surface area contributed by atoms with E-state index >= 15 is 0 Å². The van der Waals surface area contributed by atoms with E-state index in [4.69, 9.17) is 18.9 Å². The highest BCUT2D eigenvalue weighted by Gasteiger charge is 2.27. The van der Waals surface area contributed by atoms with Crippen molar-refractivity contribution in [2.45, 2.75) is 12.2 Å². The minimum absolute atomic E-state index is 0.0267. The van der Waals surface area contributed by atoms with Crippen LogP contribution in [0, 0.1) is 0 Å². The summed E-state index contributed by atoms with van der Waals surface area (Å²) in [6.45, 7) is -0.572. The molecule has 2 atom stereocenters. The van der Waals surface area contributed by atoms with E-state index in [0.717, 1.165) is 0 Å². The van der Waals surface area contributed by atoms with Gasteiger partial charge in [-0.05, 0) is 29.8 Å². The van der Waals surface area contributed by atoms with Gasteiger partial charge in [0, 0.05) is 0 Å². The summed E-state index contributed by atoms with van der Waals surface area (Å²) in [5, 5.41) is 39.2. The van der Waals surface area contributed by atoms with Crippen LogP contribution in [0.4, 0.5) is 0 Å².